The van der Waals surface area contributed by atoms with Gasteiger partial charge in [0.1, 0.15) is 9.84 Å². The topological polar surface area (TPSA) is 77.5 Å². The summed E-state index contributed by atoms with van der Waals surface area (Å²) in [4.78, 5) is 11.1. The molecule has 17 heavy (non-hydrogen) atoms. The van der Waals surface area contributed by atoms with Crippen molar-refractivity contribution in [1.82, 2.24) is 0 Å². The fourth-order valence-corrected chi connectivity index (χ4v) is 4.76. The van der Waals surface area contributed by atoms with E-state index in [4.69, 9.17) is 0 Å². The van der Waals surface area contributed by atoms with Crippen LogP contribution in [0.15, 0.2) is 0 Å². The Morgan fingerprint density at radius 1 is 1.41 bits per heavy atom. The molecular weight excluding hydrogens is 264 g/mol. The number of hydrogen-bond acceptors (Lipinski definition) is 5. The highest BCUT2D eigenvalue weighted by molar-refractivity contribution is 7.92. The third kappa shape index (κ3) is 5.63. The molecule has 1 aliphatic carbocycles. The van der Waals surface area contributed by atoms with Gasteiger partial charge in [0.15, 0.2) is 0 Å². The van der Waals surface area contributed by atoms with Crippen LogP contribution in [0.3, 0.4) is 0 Å². The molecule has 1 fully saturated rings. The van der Waals surface area contributed by atoms with Gasteiger partial charge in [-0.05, 0) is 18.3 Å². The molecule has 0 radical (unpaired) electrons. The van der Waals surface area contributed by atoms with Gasteiger partial charge in [-0.2, -0.15) is 0 Å². The Hall–Kier alpha value is -0.430. The number of carbonyl (C=O) groups excluding carboxylic acids is 1. The smallest absolute Gasteiger partial charge is 0.306 e. The number of hydrogen-bond donors (Lipinski definition) is 0. The lowest BCUT2D eigenvalue weighted by Gasteiger charge is -2.12. The fraction of sp³-hybridized carbons (Fsp3) is 0.900. The van der Waals surface area contributed by atoms with Crippen molar-refractivity contribution in [3.8, 4) is 0 Å². The zero-order valence-corrected chi connectivity index (χ0v) is 11.7. The van der Waals surface area contributed by atoms with Crippen LogP contribution < -0.4 is 0 Å². The first kappa shape index (κ1) is 14.6. The van der Waals surface area contributed by atoms with Gasteiger partial charge < -0.3 is 4.74 Å². The molecule has 0 aromatic rings. The van der Waals surface area contributed by atoms with Gasteiger partial charge in [-0.25, -0.2) is 8.42 Å². The van der Waals surface area contributed by atoms with Crippen LogP contribution in [0, 0.1) is 5.41 Å². The summed E-state index contributed by atoms with van der Waals surface area (Å²) in [5.74, 6) is 0.204. The highest BCUT2D eigenvalue weighted by Gasteiger charge is 2.45. The summed E-state index contributed by atoms with van der Waals surface area (Å²) in [6.45, 7) is 0. The average molecular weight is 282 g/mol. The molecule has 0 bridgehead atoms. The third-order valence-corrected chi connectivity index (χ3v) is 5.65. The standard InChI is InChI=1S/C10H18O5S2/c1-15-9(11)7-10(3-4-10)8-16(12)5-6-17(2,13)14/h3-8H2,1-2H3. The van der Waals surface area contributed by atoms with Gasteiger partial charge in [-0.3, -0.25) is 9.00 Å². The molecule has 0 aromatic carbocycles. The van der Waals surface area contributed by atoms with Gasteiger partial charge in [-0.1, -0.05) is 0 Å². The van der Waals surface area contributed by atoms with E-state index in [-0.39, 0.29) is 29.3 Å². The van der Waals surface area contributed by atoms with Gasteiger partial charge in [0.25, 0.3) is 0 Å². The average Bonchev–Trinajstić information content (AvgIpc) is 2.93. The molecule has 0 saturated heterocycles. The van der Waals surface area contributed by atoms with Gasteiger partial charge in [-0.15, -0.1) is 0 Å². The fourth-order valence-electron chi connectivity index (χ4n) is 1.59. The number of ether oxygens (including phenoxy) is 1. The van der Waals surface area contributed by atoms with Crippen LogP contribution in [0.4, 0.5) is 0 Å². The van der Waals surface area contributed by atoms with Crippen LogP contribution in [0.25, 0.3) is 0 Å². The number of rotatable bonds is 7. The molecule has 0 spiro atoms. The summed E-state index contributed by atoms with van der Waals surface area (Å²) in [6, 6.07) is 0. The summed E-state index contributed by atoms with van der Waals surface area (Å²) >= 11 is 0. The zero-order chi connectivity index (χ0) is 13.1. The monoisotopic (exact) mass is 282 g/mol. The highest BCUT2D eigenvalue weighted by Crippen LogP contribution is 2.49. The van der Waals surface area contributed by atoms with Gasteiger partial charge in [0.05, 0.1) is 19.3 Å². The Morgan fingerprint density at radius 3 is 2.41 bits per heavy atom. The maximum Gasteiger partial charge on any atom is 0.306 e. The largest absolute Gasteiger partial charge is 0.469 e. The molecule has 0 heterocycles. The summed E-state index contributed by atoms with van der Waals surface area (Å²) in [5.41, 5.74) is -0.199. The van der Waals surface area contributed by atoms with Gasteiger partial charge in [0.2, 0.25) is 0 Å². The summed E-state index contributed by atoms with van der Waals surface area (Å²) < 4.78 is 38.2. The van der Waals surface area contributed by atoms with Crippen LogP contribution >= 0.6 is 0 Å². The van der Waals surface area contributed by atoms with E-state index in [1.165, 1.54) is 7.11 Å². The second kappa shape index (κ2) is 5.48. The van der Waals surface area contributed by atoms with Crippen LogP contribution in [0.2, 0.25) is 0 Å². The SMILES string of the molecule is COC(=O)CC1(CS(=O)CCS(C)(=O)=O)CC1. The molecule has 0 aliphatic heterocycles. The Kier molecular flexibility index (Phi) is 4.71. The minimum Gasteiger partial charge on any atom is -0.469 e. The normalized spacial score (nSPS) is 19.6. The van der Waals surface area contributed by atoms with Crippen LogP contribution in [-0.4, -0.2) is 49.2 Å². The minimum atomic E-state index is -3.07. The van der Waals surface area contributed by atoms with Gasteiger partial charge >= 0.3 is 5.97 Å². The van der Waals surface area contributed by atoms with E-state index < -0.39 is 20.6 Å². The third-order valence-electron chi connectivity index (χ3n) is 2.85. The molecule has 1 unspecified atom stereocenters. The van der Waals surface area contributed by atoms with E-state index >= 15 is 0 Å². The van der Waals surface area contributed by atoms with Crippen molar-refractivity contribution in [3.63, 3.8) is 0 Å². The van der Waals surface area contributed by atoms with Crippen LogP contribution in [0.1, 0.15) is 19.3 Å². The summed E-state index contributed by atoms with van der Waals surface area (Å²) in [5, 5.41) is 0. The van der Waals surface area contributed by atoms with Gasteiger partial charge in [0, 0.05) is 28.6 Å². The van der Waals surface area contributed by atoms with Crippen molar-refractivity contribution >= 4 is 26.6 Å². The first-order valence-electron chi connectivity index (χ1n) is 5.36. The molecule has 0 aromatic heterocycles. The van der Waals surface area contributed by atoms with Crippen molar-refractivity contribution in [2.24, 2.45) is 5.41 Å². The van der Waals surface area contributed by atoms with E-state index in [1.807, 2.05) is 0 Å². The first-order valence-corrected chi connectivity index (χ1v) is 8.91. The number of esters is 1. The lowest BCUT2D eigenvalue weighted by Crippen LogP contribution is -2.21. The molecule has 5 nitrogen and oxygen atoms in total. The predicted octanol–water partition coefficient (Wildman–Crippen LogP) is 0.123. The van der Waals surface area contributed by atoms with E-state index in [0.29, 0.717) is 5.75 Å². The molecular formula is C10H18O5S2. The zero-order valence-electron chi connectivity index (χ0n) is 10.1. The van der Waals surface area contributed by atoms with Crippen molar-refractivity contribution < 1.29 is 22.2 Å². The summed E-state index contributed by atoms with van der Waals surface area (Å²) in [6.07, 6.45) is 3.15. The van der Waals surface area contributed by atoms with Crippen molar-refractivity contribution in [2.75, 3.05) is 30.6 Å². The molecule has 7 heteroatoms. The number of carbonyl (C=O) groups is 1. The maximum atomic E-state index is 11.7. The van der Waals surface area contributed by atoms with Crippen molar-refractivity contribution in [2.45, 2.75) is 19.3 Å². The molecule has 0 amide bonds. The lowest BCUT2D eigenvalue weighted by molar-refractivity contribution is -0.141. The molecule has 1 atom stereocenters. The Balaban J connectivity index is 2.38. The quantitative estimate of drug-likeness (QED) is 0.620. The van der Waals surface area contributed by atoms with Crippen LogP contribution in [-0.2, 0) is 30.2 Å². The van der Waals surface area contributed by atoms with Crippen LogP contribution in [0.5, 0.6) is 0 Å². The Morgan fingerprint density at radius 2 is 2.00 bits per heavy atom. The Bertz CT molecular complexity index is 408. The van der Waals surface area contributed by atoms with E-state index in [9.17, 15) is 17.4 Å². The Labute approximate surface area is 104 Å². The highest BCUT2D eigenvalue weighted by atomic mass is 32.2. The second-order valence-corrected chi connectivity index (χ2v) is 8.51. The number of sulfone groups is 1. The van der Waals surface area contributed by atoms with E-state index in [2.05, 4.69) is 4.74 Å². The molecule has 1 aliphatic rings. The molecule has 1 saturated carbocycles. The van der Waals surface area contributed by atoms with Crippen molar-refractivity contribution in [3.05, 3.63) is 0 Å². The first-order chi connectivity index (χ1) is 7.76. The molecule has 1 rings (SSSR count). The second-order valence-electron chi connectivity index (χ2n) is 4.67. The lowest BCUT2D eigenvalue weighted by atomic mass is 10.1. The molecule has 100 valence electrons. The van der Waals surface area contributed by atoms with E-state index in [0.717, 1.165) is 19.1 Å². The van der Waals surface area contributed by atoms with E-state index in [1.54, 1.807) is 0 Å². The number of methoxy groups -OCH3 is 1. The van der Waals surface area contributed by atoms with Crippen molar-refractivity contribution in [1.29, 1.82) is 0 Å². The molecule has 0 N–H and O–H groups in total. The summed E-state index contributed by atoms with van der Waals surface area (Å²) in [7, 11) is -2.91. The minimum absolute atomic E-state index is 0.0616. The maximum absolute atomic E-state index is 11.7. The predicted molar refractivity (Wildman–Crippen MR) is 65.9 cm³/mol.